The number of para-hydroxylation sites is 1. The Morgan fingerprint density at radius 3 is 2.24 bits per heavy atom. The molecule has 3 aromatic rings. The molecule has 7 heteroatoms. The normalized spacial score (nSPS) is 17.7. The van der Waals surface area contributed by atoms with Crippen molar-refractivity contribution in [3.63, 3.8) is 0 Å². The zero-order valence-electron chi connectivity index (χ0n) is 18.8. The molecule has 4 rings (SSSR count). The van der Waals surface area contributed by atoms with Crippen molar-refractivity contribution in [1.29, 1.82) is 0 Å². The second kappa shape index (κ2) is 9.65. The predicted molar refractivity (Wildman–Crippen MR) is 124 cm³/mol. The lowest BCUT2D eigenvalue weighted by Crippen LogP contribution is -2.38. The molecule has 1 heterocycles. The number of esters is 1. The van der Waals surface area contributed by atoms with Crippen LogP contribution in [-0.2, 0) is 16.1 Å². The summed E-state index contributed by atoms with van der Waals surface area (Å²) in [6.45, 7) is 0.325. The van der Waals surface area contributed by atoms with E-state index in [0.717, 1.165) is 5.56 Å². The lowest BCUT2D eigenvalue weighted by Gasteiger charge is -2.28. The van der Waals surface area contributed by atoms with Crippen LogP contribution >= 0.6 is 0 Å². The van der Waals surface area contributed by atoms with E-state index in [1.807, 2.05) is 66.7 Å². The lowest BCUT2D eigenvalue weighted by molar-refractivity contribution is -0.145. The number of likely N-dealkylation sites (N-methyl/N-ethyl adjacent to an activating group) is 1. The van der Waals surface area contributed by atoms with E-state index in [9.17, 15) is 9.59 Å². The van der Waals surface area contributed by atoms with Gasteiger partial charge in [-0.2, -0.15) is 0 Å². The number of hydrogen-bond acceptors (Lipinski definition) is 5. The first-order valence-corrected chi connectivity index (χ1v) is 10.6. The second-order valence-corrected chi connectivity index (χ2v) is 7.69. The molecule has 0 unspecified atom stereocenters. The second-order valence-electron chi connectivity index (χ2n) is 7.69. The number of amides is 2. The van der Waals surface area contributed by atoms with Crippen molar-refractivity contribution < 1.29 is 23.8 Å². The highest BCUT2D eigenvalue weighted by Crippen LogP contribution is 2.43. The summed E-state index contributed by atoms with van der Waals surface area (Å²) in [5.41, 5.74) is 2.36. The van der Waals surface area contributed by atoms with Gasteiger partial charge in [-0.15, -0.1) is 0 Å². The van der Waals surface area contributed by atoms with Crippen LogP contribution in [0.2, 0.25) is 0 Å². The van der Waals surface area contributed by atoms with E-state index in [1.54, 1.807) is 31.2 Å². The number of carbonyl (C=O) groups excluding carboxylic acids is 2. The molecule has 1 saturated heterocycles. The minimum atomic E-state index is -0.852. The molecule has 1 fully saturated rings. The smallest absolute Gasteiger partial charge is 0.331 e. The van der Waals surface area contributed by atoms with Crippen LogP contribution in [-0.4, -0.2) is 44.2 Å². The van der Waals surface area contributed by atoms with Crippen molar-refractivity contribution in [3.8, 4) is 11.5 Å². The lowest BCUT2D eigenvalue weighted by atomic mass is 9.97. The maximum absolute atomic E-state index is 13.3. The summed E-state index contributed by atoms with van der Waals surface area (Å²) in [6, 6.07) is 22.6. The third-order valence-electron chi connectivity index (χ3n) is 5.76. The number of carbonyl (C=O) groups is 2. The first-order chi connectivity index (χ1) is 16.0. The van der Waals surface area contributed by atoms with Gasteiger partial charge in [-0.3, -0.25) is 4.90 Å². The van der Waals surface area contributed by atoms with Crippen molar-refractivity contribution in [2.24, 2.45) is 0 Å². The Hall–Kier alpha value is -4.00. The standard InChI is InChI=1S/C26H26N2O5/c1-27-24(25(29)32-3)23(28(26(27)30)19-12-8-5-9-13-19)21-15-14-20(31-2)16-22(21)33-17-18-10-6-4-7-11-18/h4-16,23-24H,17H2,1-3H3/t23-,24-/m1/s1. The monoisotopic (exact) mass is 446 g/mol. The van der Waals surface area contributed by atoms with Gasteiger partial charge in [0.1, 0.15) is 18.1 Å². The highest BCUT2D eigenvalue weighted by Gasteiger charge is 2.50. The molecule has 2 amide bonds. The van der Waals surface area contributed by atoms with E-state index < -0.39 is 18.1 Å². The van der Waals surface area contributed by atoms with Gasteiger partial charge in [0.2, 0.25) is 0 Å². The van der Waals surface area contributed by atoms with Crippen LogP contribution in [0.3, 0.4) is 0 Å². The number of ether oxygens (including phenoxy) is 3. The highest BCUT2D eigenvalue weighted by atomic mass is 16.5. The van der Waals surface area contributed by atoms with E-state index in [1.165, 1.54) is 12.0 Å². The fraction of sp³-hybridized carbons (Fsp3) is 0.231. The Kier molecular flexibility index (Phi) is 6.49. The molecule has 33 heavy (non-hydrogen) atoms. The first-order valence-electron chi connectivity index (χ1n) is 10.6. The molecule has 0 aliphatic carbocycles. The van der Waals surface area contributed by atoms with Crippen LogP contribution in [0.5, 0.6) is 11.5 Å². The molecule has 0 aromatic heterocycles. The number of benzene rings is 3. The first kappa shape index (κ1) is 22.2. The molecule has 3 aromatic carbocycles. The molecular weight excluding hydrogens is 420 g/mol. The minimum Gasteiger partial charge on any atom is -0.497 e. The summed E-state index contributed by atoms with van der Waals surface area (Å²) < 4.78 is 16.7. The van der Waals surface area contributed by atoms with E-state index in [4.69, 9.17) is 14.2 Å². The molecule has 0 N–H and O–H groups in total. The number of methoxy groups -OCH3 is 2. The quantitative estimate of drug-likeness (QED) is 0.503. The molecule has 1 aliphatic heterocycles. The summed E-state index contributed by atoms with van der Waals surface area (Å²) in [5.74, 6) is 0.639. The molecule has 7 nitrogen and oxygen atoms in total. The average molecular weight is 447 g/mol. The maximum Gasteiger partial charge on any atom is 0.331 e. The molecule has 0 spiro atoms. The topological polar surface area (TPSA) is 68.3 Å². The van der Waals surface area contributed by atoms with Gasteiger partial charge in [0.05, 0.1) is 20.3 Å². The largest absolute Gasteiger partial charge is 0.497 e. The number of anilines is 1. The minimum absolute atomic E-state index is 0.300. The van der Waals surface area contributed by atoms with Gasteiger partial charge in [0.25, 0.3) is 0 Å². The van der Waals surface area contributed by atoms with Crippen LogP contribution in [0.15, 0.2) is 78.9 Å². The zero-order valence-corrected chi connectivity index (χ0v) is 18.8. The van der Waals surface area contributed by atoms with Crippen LogP contribution in [0.4, 0.5) is 10.5 Å². The van der Waals surface area contributed by atoms with E-state index in [0.29, 0.717) is 29.4 Å². The fourth-order valence-corrected chi connectivity index (χ4v) is 4.08. The molecule has 0 bridgehead atoms. The highest BCUT2D eigenvalue weighted by molar-refractivity contribution is 6.00. The van der Waals surface area contributed by atoms with Crippen LogP contribution in [0.1, 0.15) is 17.2 Å². The molecule has 2 atom stereocenters. The molecule has 0 radical (unpaired) electrons. The molecular formula is C26H26N2O5. The summed E-state index contributed by atoms with van der Waals surface area (Å²) in [5, 5.41) is 0. The predicted octanol–water partition coefficient (Wildman–Crippen LogP) is 4.43. The summed E-state index contributed by atoms with van der Waals surface area (Å²) in [4.78, 5) is 29.2. The fourth-order valence-electron chi connectivity index (χ4n) is 4.08. The van der Waals surface area contributed by atoms with Crippen molar-refractivity contribution in [1.82, 2.24) is 4.90 Å². The van der Waals surface area contributed by atoms with Crippen LogP contribution in [0.25, 0.3) is 0 Å². The van der Waals surface area contributed by atoms with Crippen molar-refractivity contribution >= 4 is 17.7 Å². The number of rotatable bonds is 7. The average Bonchev–Trinajstić information content (AvgIpc) is 3.13. The third kappa shape index (κ3) is 4.35. The van der Waals surface area contributed by atoms with Gasteiger partial charge in [-0.25, -0.2) is 9.59 Å². The van der Waals surface area contributed by atoms with E-state index in [2.05, 4.69) is 0 Å². The third-order valence-corrected chi connectivity index (χ3v) is 5.76. The zero-order chi connectivity index (χ0) is 23.4. The van der Waals surface area contributed by atoms with Gasteiger partial charge in [-0.05, 0) is 29.8 Å². The van der Waals surface area contributed by atoms with Gasteiger partial charge in [-0.1, -0.05) is 48.5 Å². The summed E-state index contributed by atoms with van der Waals surface area (Å²) in [6.07, 6.45) is 0. The number of nitrogens with zero attached hydrogens (tertiary/aromatic N) is 2. The Bertz CT molecular complexity index is 1120. The van der Waals surface area contributed by atoms with Gasteiger partial charge in [0.15, 0.2) is 6.04 Å². The molecule has 1 aliphatic rings. The Morgan fingerprint density at radius 1 is 0.939 bits per heavy atom. The number of urea groups is 1. The Labute approximate surface area is 193 Å². The Balaban J connectivity index is 1.81. The van der Waals surface area contributed by atoms with Gasteiger partial charge >= 0.3 is 12.0 Å². The summed E-state index contributed by atoms with van der Waals surface area (Å²) in [7, 11) is 4.51. The summed E-state index contributed by atoms with van der Waals surface area (Å²) >= 11 is 0. The van der Waals surface area contributed by atoms with Crippen molar-refractivity contribution in [2.75, 3.05) is 26.2 Å². The molecule has 170 valence electrons. The van der Waals surface area contributed by atoms with Gasteiger partial charge < -0.3 is 19.1 Å². The van der Waals surface area contributed by atoms with E-state index in [-0.39, 0.29) is 6.03 Å². The van der Waals surface area contributed by atoms with Gasteiger partial charge in [0, 0.05) is 24.4 Å². The van der Waals surface area contributed by atoms with Crippen molar-refractivity contribution in [3.05, 3.63) is 90.0 Å². The van der Waals surface area contributed by atoms with Crippen LogP contribution < -0.4 is 14.4 Å². The maximum atomic E-state index is 13.3. The Morgan fingerprint density at radius 2 is 1.61 bits per heavy atom. The SMILES string of the molecule is COC(=O)[C@H]1[C@@H](c2ccc(OC)cc2OCc2ccccc2)N(c2ccccc2)C(=O)N1C. The van der Waals surface area contributed by atoms with Crippen LogP contribution in [0, 0.1) is 0 Å². The van der Waals surface area contributed by atoms with E-state index >= 15 is 0 Å². The van der Waals surface area contributed by atoms with Crippen molar-refractivity contribution in [2.45, 2.75) is 18.7 Å². The molecule has 0 saturated carbocycles. The number of hydrogen-bond donors (Lipinski definition) is 0.